The molecule has 0 aliphatic carbocycles. The number of hydrogen-bond donors (Lipinski definition) is 2. The largest absolute Gasteiger partial charge is 2.00 e. The molecule has 4 rings (SSSR count). The third kappa shape index (κ3) is 15.3. The maximum Gasteiger partial charge on any atom is 2.00 e. The van der Waals surface area contributed by atoms with Gasteiger partial charge in [0.1, 0.15) is 42.9 Å². The first kappa shape index (κ1) is 44.3. The molecular weight excluding hydrogens is 721 g/mol. The molecule has 272 valence electrons. The Morgan fingerprint density at radius 2 is 1.04 bits per heavy atom. The number of rotatable bonds is 18. The van der Waals surface area contributed by atoms with E-state index in [2.05, 4.69) is 13.8 Å². The molecule has 0 aromatic heterocycles. The molecule has 13 heteroatoms. The molecule has 2 N–H and O–H groups in total. The Bertz CT molecular complexity index is 1710. The first-order valence-corrected chi connectivity index (χ1v) is 19.8. The third-order valence-electron chi connectivity index (χ3n) is 7.77. The smallest absolute Gasteiger partial charge is 0.872 e. The van der Waals surface area contributed by atoms with Gasteiger partial charge in [-0.05, 0) is 73.2 Å². The van der Waals surface area contributed by atoms with Crippen molar-refractivity contribution in [3.8, 4) is 34.5 Å². The zero-order valence-electron chi connectivity index (χ0n) is 29.3. The van der Waals surface area contributed by atoms with Gasteiger partial charge in [0.25, 0.3) is 10.1 Å². The molecule has 0 unspecified atom stereocenters. The molecule has 0 aliphatic rings. The van der Waals surface area contributed by atoms with Gasteiger partial charge in [-0.15, -0.1) is 5.75 Å². The van der Waals surface area contributed by atoms with Crippen molar-refractivity contribution in [1.29, 1.82) is 0 Å². The molecule has 0 saturated carbocycles. The van der Waals surface area contributed by atoms with Crippen LogP contribution in [0.2, 0.25) is 0 Å². The number of phenolic OH excluding ortho intramolecular Hbond substituents is 1. The Morgan fingerprint density at radius 1 is 0.608 bits per heavy atom. The summed E-state index contributed by atoms with van der Waals surface area (Å²) in [6.07, 6.45) is 10.8. The maximum absolute atomic E-state index is 11.9. The zero-order chi connectivity index (χ0) is 36.6. The summed E-state index contributed by atoms with van der Waals surface area (Å²) < 4.78 is 79.9. The van der Waals surface area contributed by atoms with Gasteiger partial charge in [-0.3, -0.25) is 4.55 Å². The number of para-hydroxylation sites is 2. The fourth-order valence-electron chi connectivity index (χ4n) is 5.44. The molecule has 0 radical (unpaired) electrons. The van der Waals surface area contributed by atoms with Crippen LogP contribution >= 0.6 is 0 Å². The average molecular weight is 767 g/mol. The molecule has 0 amide bonds. The van der Waals surface area contributed by atoms with Crippen molar-refractivity contribution in [3.63, 3.8) is 0 Å². The van der Waals surface area contributed by atoms with Gasteiger partial charge >= 0.3 is 37.7 Å². The van der Waals surface area contributed by atoms with E-state index in [1.54, 1.807) is 60.7 Å². The SMILES string of the molecule is CCCCCCCc1cc(O)cc(Oc2ccccc2)c1S(=O)(=O)O.CCCCCCCc1cc([O-])cc(Oc2ccccc2)c1S(=O)(=O)[O-].[Ca+2]. The summed E-state index contributed by atoms with van der Waals surface area (Å²) in [5, 5.41) is 21.9. The van der Waals surface area contributed by atoms with E-state index in [9.17, 15) is 36.2 Å². The Labute approximate surface area is 332 Å². The number of unbranched alkanes of at least 4 members (excludes halogenated alkanes) is 8. The van der Waals surface area contributed by atoms with Crippen molar-refractivity contribution in [3.05, 3.63) is 96.1 Å². The standard InChI is InChI=1S/2C19H24O5S.Ca/c2*1-2-3-4-5-7-10-15-13-16(20)14-18(19(15)25(21,22)23)24-17-11-8-6-9-12-17;/h2*6,8-9,11-14,20H,2-5,7,10H2,1H3,(H,21,22,23);/q;;+2/p-2. The summed E-state index contributed by atoms with van der Waals surface area (Å²) in [5.74, 6) is 0.0529. The first-order valence-electron chi connectivity index (χ1n) is 16.9. The Hall–Kier alpha value is -2.84. The Morgan fingerprint density at radius 3 is 1.47 bits per heavy atom. The summed E-state index contributed by atoms with van der Waals surface area (Å²) in [4.78, 5) is -0.698. The topological polar surface area (TPSA) is 173 Å². The fourth-order valence-corrected chi connectivity index (χ4v) is 7.12. The number of ether oxygens (including phenoxy) is 2. The van der Waals surface area contributed by atoms with E-state index in [0.717, 1.165) is 70.3 Å². The van der Waals surface area contributed by atoms with Crippen LogP contribution in [0.15, 0.2) is 94.7 Å². The molecule has 10 nitrogen and oxygen atoms in total. The van der Waals surface area contributed by atoms with Crippen molar-refractivity contribution < 1.29 is 45.6 Å². The number of hydrogen-bond acceptors (Lipinski definition) is 9. The quantitative estimate of drug-likeness (QED) is 0.0568. The fraction of sp³-hybridized carbons (Fsp3) is 0.368. The molecule has 0 atom stereocenters. The molecule has 0 bridgehead atoms. The van der Waals surface area contributed by atoms with E-state index in [-0.39, 0.29) is 71.2 Å². The average Bonchev–Trinajstić information content (AvgIpc) is 3.04. The number of aromatic hydroxyl groups is 1. The zero-order valence-corrected chi connectivity index (χ0v) is 33.1. The molecule has 51 heavy (non-hydrogen) atoms. The van der Waals surface area contributed by atoms with Gasteiger partial charge in [0.2, 0.25) is 0 Å². The summed E-state index contributed by atoms with van der Waals surface area (Å²) in [6.45, 7) is 4.23. The number of phenols is 1. The summed E-state index contributed by atoms with van der Waals surface area (Å²) >= 11 is 0. The van der Waals surface area contributed by atoms with Crippen LogP contribution in [0, 0.1) is 0 Å². The summed E-state index contributed by atoms with van der Waals surface area (Å²) in [7, 11) is -9.25. The van der Waals surface area contributed by atoms with Crippen molar-refractivity contribution in [2.75, 3.05) is 0 Å². The van der Waals surface area contributed by atoms with Gasteiger partial charge < -0.3 is 24.2 Å². The second-order valence-corrected chi connectivity index (χ2v) is 14.6. The van der Waals surface area contributed by atoms with E-state index in [4.69, 9.17) is 9.47 Å². The van der Waals surface area contributed by atoms with Gasteiger partial charge in [0, 0.05) is 6.07 Å². The maximum atomic E-state index is 11.9. The molecule has 0 spiro atoms. The van der Waals surface area contributed by atoms with E-state index in [1.165, 1.54) is 18.2 Å². The predicted molar refractivity (Wildman–Crippen MR) is 195 cm³/mol. The van der Waals surface area contributed by atoms with Crippen molar-refractivity contribution in [1.82, 2.24) is 0 Å². The molecule has 0 fully saturated rings. The summed E-state index contributed by atoms with van der Waals surface area (Å²) in [6, 6.07) is 22.0. The molecule has 0 heterocycles. The van der Waals surface area contributed by atoms with Crippen LogP contribution in [0.3, 0.4) is 0 Å². The first-order chi connectivity index (χ1) is 23.8. The van der Waals surface area contributed by atoms with Crippen LogP contribution < -0.4 is 14.6 Å². The van der Waals surface area contributed by atoms with Gasteiger partial charge in [-0.2, -0.15) is 8.42 Å². The third-order valence-corrected chi connectivity index (χ3v) is 9.71. The van der Waals surface area contributed by atoms with Gasteiger partial charge in [-0.1, -0.05) is 108 Å². The van der Waals surface area contributed by atoms with Gasteiger partial charge in [0.15, 0.2) is 5.75 Å². The Kier molecular flexibility index (Phi) is 19.4. The van der Waals surface area contributed by atoms with Crippen molar-refractivity contribution >= 4 is 58.0 Å². The van der Waals surface area contributed by atoms with Crippen molar-refractivity contribution in [2.24, 2.45) is 0 Å². The summed E-state index contributed by atoms with van der Waals surface area (Å²) in [5.41, 5.74) is 0.606. The normalized spacial score (nSPS) is 11.2. The monoisotopic (exact) mass is 766 g/mol. The minimum Gasteiger partial charge on any atom is -0.872 e. The van der Waals surface area contributed by atoms with Crippen LogP contribution in [0.1, 0.15) is 89.2 Å². The van der Waals surface area contributed by atoms with Crippen LogP contribution in [-0.4, -0.2) is 68.8 Å². The second kappa shape index (κ2) is 22.3. The number of benzene rings is 4. The van der Waals surface area contributed by atoms with Crippen LogP contribution in [0.25, 0.3) is 0 Å². The van der Waals surface area contributed by atoms with E-state index >= 15 is 0 Å². The minimum absolute atomic E-state index is 0. The molecule has 0 saturated heterocycles. The molecule has 4 aromatic carbocycles. The van der Waals surface area contributed by atoms with Crippen LogP contribution in [0.4, 0.5) is 0 Å². The number of aryl methyl sites for hydroxylation is 2. The minimum atomic E-state index is -4.76. The molecule has 0 aliphatic heterocycles. The van der Waals surface area contributed by atoms with Crippen LogP contribution in [-0.2, 0) is 33.1 Å². The van der Waals surface area contributed by atoms with E-state index in [0.29, 0.717) is 29.9 Å². The molecule has 4 aromatic rings. The van der Waals surface area contributed by atoms with Crippen molar-refractivity contribution in [2.45, 2.75) is 101 Å². The van der Waals surface area contributed by atoms with Crippen LogP contribution in [0.5, 0.6) is 34.5 Å². The molecular formula is C38H46CaO10S2. The van der Waals surface area contributed by atoms with Gasteiger partial charge in [-0.25, -0.2) is 8.42 Å². The Balaban J connectivity index is 0.000000347. The second-order valence-electron chi connectivity index (χ2n) is 11.9. The predicted octanol–water partition coefficient (Wildman–Crippen LogP) is 8.53. The van der Waals surface area contributed by atoms with Gasteiger partial charge in [0.05, 0.1) is 0 Å². The van der Waals surface area contributed by atoms with E-state index < -0.39 is 25.1 Å². The van der Waals surface area contributed by atoms with E-state index in [1.807, 2.05) is 0 Å².